The zero-order valence-corrected chi connectivity index (χ0v) is 15.6. The number of ether oxygens (including phenoxy) is 2. The predicted octanol–water partition coefficient (Wildman–Crippen LogP) is 2.72. The summed E-state index contributed by atoms with van der Waals surface area (Å²) < 4.78 is 10.9. The quantitative estimate of drug-likeness (QED) is 0.790. The van der Waals surface area contributed by atoms with E-state index in [1.54, 1.807) is 0 Å². The molecule has 1 aromatic rings. The molecule has 2 aliphatic rings. The van der Waals surface area contributed by atoms with Crippen LogP contribution in [0.3, 0.4) is 0 Å². The summed E-state index contributed by atoms with van der Waals surface area (Å²) in [5.74, 6) is 1.05. The van der Waals surface area contributed by atoms with Gasteiger partial charge < -0.3 is 9.47 Å². The molecule has 2 heterocycles. The van der Waals surface area contributed by atoms with Gasteiger partial charge in [-0.15, -0.1) is 0 Å². The Morgan fingerprint density at radius 2 is 2.00 bits per heavy atom. The number of carbonyl (C=O) groups excluding carboxylic acids is 1. The van der Waals surface area contributed by atoms with E-state index in [-0.39, 0.29) is 18.7 Å². The summed E-state index contributed by atoms with van der Waals surface area (Å²) in [7, 11) is 0. The fourth-order valence-electron chi connectivity index (χ4n) is 3.35. The third-order valence-electron chi connectivity index (χ3n) is 4.92. The molecule has 0 aliphatic carbocycles. The lowest BCUT2D eigenvalue weighted by atomic mass is 9.80. The summed E-state index contributed by atoms with van der Waals surface area (Å²) in [5.41, 5.74) is 3.33. The van der Waals surface area contributed by atoms with Crippen molar-refractivity contribution >= 4 is 11.8 Å². The molecule has 0 aromatic heterocycles. The number of hydrogen-bond donors (Lipinski definition) is 1. The van der Waals surface area contributed by atoms with Crippen molar-refractivity contribution in [2.24, 2.45) is 16.3 Å². The summed E-state index contributed by atoms with van der Waals surface area (Å²) in [6, 6.07) is 9.79. The van der Waals surface area contributed by atoms with Crippen molar-refractivity contribution in [3.8, 4) is 0 Å². The normalized spacial score (nSPS) is 21.6. The van der Waals surface area contributed by atoms with Gasteiger partial charge in [0.2, 0.25) is 0 Å². The number of carbonyl (C=O) groups is 1. The highest BCUT2D eigenvalue weighted by Crippen LogP contribution is 2.32. The molecule has 0 bridgehead atoms. The average Bonchev–Trinajstić information content (AvgIpc) is 2.67. The lowest BCUT2D eigenvalue weighted by Crippen LogP contribution is -2.41. The maximum absolute atomic E-state index is 12.5. The number of hydroxylamine groups is 1. The van der Waals surface area contributed by atoms with E-state index in [9.17, 15) is 4.79 Å². The van der Waals surface area contributed by atoms with Crippen molar-refractivity contribution in [1.29, 1.82) is 0 Å². The van der Waals surface area contributed by atoms with Crippen LogP contribution in [0.5, 0.6) is 0 Å². The van der Waals surface area contributed by atoms with E-state index >= 15 is 0 Å². The Morgan fingerprint density at radius 3 is 2.65 bits per heavy atom. The van der Waals surface area contributed by atoms with Gasteiger partial charge in [0.15, 0.2) is 5.84 Å². The second-order valence-electron chi connectivity index (χ2n) is 7.64. The fourth-order valence-corrected chi connectivity index (χ4v) is 3.35. The molecule has 1 fully saturated rings. The minimum absolute atomic E-state index is 0.176. The van der Waals surface area contributed by atoms with Gasteiger partial charge in [-0.05, 0) is 39.0 Å². The maximum Gasteiger partial charge on any atom is 0.311 e. The Hall–Kier alpha value is -1.92. The fraction of sp³-hybridized carbons (Fsp3) is 0.600. The lowest BCUT2D eigenvalue weighted by Gasteiger charge is -2.31. The first-order valence-electron chi connectivity index (χ1n) is 9.31. The first-order chi connectivity index (χ1) is 12.5. The highest BCUT2D eigenvalue weighted by Gasteiger charge is 2.34. The summed E-state index contributed by atoms with van der Waals surface area (Å²) >= 11 is 0. The van der Waals surface area contributed by atoms with Crippen LogP contribution >= 0.6 is 0 Å². The Bertz CT molecular complexity index is 624. The highest BCUT2D eigenvalue weighted by atomic mass is 16.7. The number of amidine groups is 1. The molecule has 1 N–H and O–H groups in total. The molecule has 2 aliphatic heterocycles. The first kappa shape index (κ1) is 18.9. The molecule has 0 saturated carbocycles. The van der Waals surface area contributed by atoms with Crippen molar-refractivity contribution in [2.45, 2.75) is 39.2 Å². The van der Waals surface area contributed by atoms with Gasteiger partial charge in [-0.1, -0.05) is 30.3 Å². The molecule has 0 radical (unpaired) electrons. The highest BCUT2D eigenvalue weighted by molar-refractivity contribution is 5.98. The van der Waals surface area contributed by atoms with E-state index in [4.69, 9.17) is 14.3 Å². The molecule has 1 saturated heterocycles. The standard InChI is InChI=1S/C20H28N2O4/c1-20(2,12-15-8-10-24-11-9-15)19(23)25-14-17-13-21-18(22-26-17)16-6-4-3-5-7-16/h3-7,15,17H,8-14H2,1-2H3,(H,21,22)/t17-/m0/s1. The van der Waals surface area contributed by atoms with E-state index in [0.717, 1.165) is 38.0 Å². The van der Waals surface area contributed by atoms with Crippen LogP contribution in [-0.4, -0.2) is 44.3 Å². The van der Waals surface area contributed by atoms with Gasteiger partial charge in [-0.2, -0.15) is 0 Å². The minimum Gasteiger partial charge on any atom is -0.462 e. The average molecular weight is 360 g/mol. The molecular formula is C20H28N2O4. The van der Waals surface area contributed by atoms with Crippen LogP contribution in [0.1, 0.15) is 38.7 Å². The SMILES string of the molecule is CC(C)(CC1CCOCC1)C(=O)OC[C@@H]1CN=C(c2ccccc2)NO1. The van der Waals surface area contributed by atoms with Crippen molar-refractivity contribution < 1.29 is 19.1 Å². The van der Waals surface area contributed by atoms with Crippen LogP contribution in [0, 0.1) is 11.3 Å². The molecule has 1 aromatic carbocycles. The Kier molecular flexibility index (Phi) is 6.27. The number of nitrogens with one attached hydrogen (secondary N) is 1. The second kappa shape index (κ2) is 8.64. The Labute approximate surface area is 154 Å². The van der Waals surface area contributed by atoms with Crippen LogP contribution in [0.15, 0.2) is 35.3 Å². The van der Waals surface area contributed by atoms with Gasteiger partial charge in [0, 0.05) is 18.8 Å². The van der Waals surface area contributed by atoms with Crippen molar-refractivity contribution in [2.75, 3.05) is 26.4 Å². The van der Waals surface area contributed by atoms with Crippen LogP contribution in [-0.2, 0) is 19.1 Å². The number of benzene rings is 1. The Morgan fingerprint density at radius 1 is 1.27 bits per heavy atom. The van der Waals surface area contributed by atoms with E-state index in [0.29, 0.717) is 18.3 Å². The summed E-state index contributed by atoms with van der Waals surface area (Å²) in [6.45, 7) is 6.16. The smallest absolute Gasteiger partial charge is 0.311 e. The molecule has 0 unspecified atom stereocenters. The molecule has 3 rings (SSSR count). The molecule has 142 valence electrons. The lowest BCUT2D eigenvalue weighted by molar-refractivity contribution is -0.160. The molecule has 6 heteroatoms. The van der Waals surface area contributed by atoms with Gasteiger partial charge in [0.05, 0.1) is 12.0 Å². The molecule has 1 atom stereocenters. The van der Waals surface area contributed by atoms with E-state index < -0.39 is 5.41 Å². The molecule has 26 heavy (non-hydrogen) atoms. The molecule has 0 amide bonds. The van der Waals surface area contributed by atoms with E-state index in [1.807, 2.05) is 44.2 Å². The molecular weight excluding hydrogens is 332 g/mol. The first-order valence-corrected chi connectivity index (χ1v) is 9.31. The number of hydrogen-bond acceptors (Lipinski definition) is 6. The summed E-state index contributed by atoms with van der Waals surface area (Å²) in [6.07, 6.45) is 2.59. The number of esters is 1. The monoisotopic (exact) mass is 360 g/mol. The van der Waals surface area contributed by atoms with E-state index in [2.05, 4.69) is 10.5 Å². The zero-order chi connectivity index (χ0) is 18.4. The second-order valence-corrected chi connectivity index (χ2v) is 7.64. The van der Waals surface area contributed by atoms with Crippen LogP contribution in [0.2, 0.25) is 0 Å². The number of aliphatic imine (C=N–C) groups is 1. The Balaban J connectivity index is 1.45. The van der Waals surface area contributed by atoms with Crippen LogP contribution in [0.4, 0.5) is 0 Å². The van der Waals surface area contributed by atoms with Crippen LogP contribution in [0.25, 0.3) is 0 Å². The van der Waals surface area contributed by atoms with Crippen molar-refractivity contribution in [3.63, 3.8) is 0 Å². The minimum atomic E-state index is -0.497. The van der Waals surface area contributed by atoms with Gasteiger partial charge in [-0.25, -0.2) is 5.48 Å². The summed E-state index contributed by atoms with van der Waals surface area (Å²) in [4.78, 5) is 22.6. The van der Waals surface area contributed by atoms with Gasteiger partial charge in [0.1, 0.15) is 12.7 Å². The number of nitrogens with zero attached hydrogens (tertiary/aromatic N) is 1. The largest absolute Gasteiger partial charge is 0.462 e. The topological polar surface area (TPSA) is 69.2 Å². The third-order valence-corrected chi connectivity index (χ3v) is 4.92. The summed E-state index contributed by atoms with van der Waals surface area (Å²) in [5, 5.41) is 0. The van der Waals surface area contributed by atoms with Gasteiger partial charge >= 0.3 is 5.97 Å². The maximum atomic E-state index is 12.5. The van der Waals surface area contributed by atoms with Gasteiger partial charge in [-0.3, -0.25) is 14.6 Å². The number of rotatable bonds is 6. The zero-order valence-electron chi connectivity index (χ0n) is 15.6. The van der Waals surface area contributed by atoms with Gasteiger partial charge in [0.25, 0.3) is 0 Å². The third kappa shape index (κ3) is 5.05. The molecule has 6 nitrogen and oxygen atoms in total. The van der Waals surface area contributed by atoms with Crippen molar-refractivity contribution in [1.82, 2.24) is 5.48 Å². The van der Waals surface area contributed by atoms with E-state index in [1.165, 1.54) is 0 Å². The van der Waals surface area contributed by atoms with Crippen LogP contribution < -0.4 is 5.48 Å². The predicted molar refractivity (Wildman–Crippen MR) is 98.8 cm³/mol. The molecule has 0 spiro atoms. The van der Waals surface area contributed by atoms with Crippen molar-refractivity contribution in [3.05, 3.63) is 35.9 Å².